The van der Waals surface area contributed by atoms with E-state index in [-0.39, 0.29) is 6.42 Å². The summed E-state index contributed by atoms with van der Waals surface area (Å²) in [5.41, 5.74) is 1.86. The first kappa shape index (κ1) is 17.6. The lowest BCUT2D eigenvalue weighted by Gasteiger charge is -2.08. The smallest absolute Gasteiger partial charge is 0.233 e. The van der Waals surface area contributed by atoms with Gasteiger partial charge in [-0.25, -0.2) is 0 Å². The third-order valence-electron chi connectivity index (χ3n) is 2.92. The molecule has 0 aliphatic carbocycles. The minimum absolute atomic E-state index is 0.338. The molecule has 0 saturated carbocycles. The standard InChI is InChI=1S/C16H13Cl3N2O2/c1-9-2-3-12(7-14(9)19)20-15(22)8-16(23)21-13-5-10(17)4-11(18)6-13/h2-7H,8H2,1H3,(H,20,22)(H,21,23). The fourth-order valence-electron chi connectivity index (χ4n) is 1.85. The molecule has 0 atom stereocenters. The summed E-state index contributed by atoms with van der Waals surface area (Å²) in [7, 11) is 0. The summed E-state index contributed by atoms with van der Waals surface area (Å²) in [4.78, 5) is 23.7. The number of anilines is 2. The van der Waals surface area contributed by atoms with Gasteiger partial charge < -0.3 is 10.6 Å². The van der Waals surface area contributed by atoms with E-state index in [9.17, 15) is 9.59 Å². The average molecular weight is 372 g/mol. The molecule has 2 rings (SSSR count). The highest BCUT2D eigenvalue weighted by atomic mass is 35.5. The Labute approximate surface area is 148 Å². The Bertz CT molecular complexity index is 743. The van der Waals surface area contributed by atoms with E-state index in [0.717, 1.165) is 5.56 Å². The number of rotatable bonds is 4. The van der Waals surface area contributed by atoms with Crippen molar-refractivity contribution in [1.29, 1.82) is 0 Å². The molecule has 2 aromatic carbocycles. The molecule has 0 aliphatic rings. The molecule has 0 aromatic heterocycles. The van der Waals surface area contributed by atoms with Crippen molar-refractivity contribution in [2.24, 2.45) is 0 Å². The van der Waals surface area contributed by atoms with Crippen LogP contribution in [0, 0.1) is 6.92 Å². The van der Waals surface area contributed by atoms with Gasteiger partial charge in [0, 0.05) is 26.4 Å². The van der Waals surface area contributed by atoms with Crippen molar-refractivity contribution in [3.63, 3.8) is 0 Å². The SMILES string of the molecule is Cc1ccc(NC(=O)CC(=O)Nc2cc(Cl)cc(Cl)c2)cc1Cl. The molecule has 2 N–H and O–H groups in total. The predicted molar refractivity (Wildman–Crippen MR) is 94.5 cm³/mol. The fraction of sp³-hybridized carbons (Fsp3) is 0.125. The third-order valence-corrected chi connectivity index (χ3v) is 3.77. The number of amides is 2. The van der Waals surface area contributed by atoms with Gasteiger partial charge in [0.2, 0.25) is 11.8 Å². The number of nitrogens with one attached hydrogen (secondary N) is 2. The summed E-state index contributed by atoms with van der Waals surface area (Å²) >= 11 is 17.7. The molecule has 0 radical (unpaired) electrons. The van der Waals surface area contributed by atoms with Crippen molar-refractivity contribution in [2.45, 2.75) is 13.3 Å². The molecule has 0 spiro atoms. The molecule has 0 unspecified atom stereocenters. The number of carbonyl (C=O) groups is 2. The molecule has 0 saturated heterocycles. The van der Waals surface area contributed by atoms with Crippen molar-refractivity contribution >= 4 is 58.0 Å². The van der Waals surface area contributed by atoms with Crippen molar-refractivity contribution < 1.29 is 9.59 Å². The topological polar surface area (TPSA) is 58.2 Å². The Morgan fingerprint density at radius 2 is 1.43 bits per heavy atom. The van der Waals surface area contributed by atoms with Crippen molar-refractivity contribution in [3.8, 4) is 0 Å². The normalized spacial score (nSPS) is 10.3. The number of hydrogen-bond acceptors (Lipinski definition) is 2. The van der Waals surface area contributed by atoms with E-state index in [0.29, 0.717) is 26.4 Å². The van der Waals surface area contributed by atoms with Crippen LogP contribution in [0.15, 0.2) is 36.4 Å². The van der Waals surface area contributed by atoms with Crippen LogP contribution in [0.2, 0.25) is 15.1 Å². The van der Waals surface area contributed by atoms with Gasteiger partial charge in [-0.1, -0.05) is 40.9 Å². The van der Waals surface area contributed by atoms with E-state index in [1.54, 1.807) is 36.4 Å². The summed E-state index contributed by atoms with van der Waals surface area (Å²) in [5, 5.41) is 6.51. The number of hydrogen-bond donors (Lipinski definition) is 2. The fourth-order valence-corrected chi connectivity index (χ4v) is 2.56. The van der Waals surface area contributed by atoms with Crippen LogP contribution in [0.4, 0.5) is 11.4 Å². The first-order chi connectivity index (χ1) is 10.8. The molecular formula is C16H13Cl3N2O2. The molecule has 2 aromatic rings. The number of aryl methyl sites for hydroxylation is 1. The molecule has 120 valence electrons. The molecule has 0 fully saturated rings. The molecule has 0 aliphatic heterocycles. The van der Waals surface area contributed by atoms with Crippen LogP contribution >= 0.6 is 34.8 Å². The molecule has 23 heavy (non-hydrogen) atoms. The third kappa shape index (κ3) is 5.43. The average Bonchev–Trinajstić information content (AvgIpc) is 2.41. The van der Waals surface area contributed by atoms with Crippen LogP contribution < -0.4 is 10.6 Å². The minimum atomic E-state index is -0.473. The maximum absolute atomic E-state index is 11.9. The number of carbonyl (C=O) groups excluding carboxylic acids is 2. The molecular weight excluding hydrogens is 359 g/mol. The van der Waals surface area contributed by atoms with Crippen LogP contribution in [-0.4, -0.2) is 11.8 Å². The highest BCUT2D eigenvalue weighted by molar-refractivity contribution is 6.35. The molecule has 7 heteroatoms. The zero-order valence-electron chi connectivity index (χ0n) is 12.1. The minimum Gasteiger partial charge on any atom is -0.326 e. The Balaban J connectivity index is 1.94. The Morgan fingerprint density at radius 1 is 0.870 bits per heavy atom. The maximum atomic E-state index is 11.9. The van der Waals surface area contributed by atoms with E-state index in [1.165, 1.54) is 0 Å². The first-order valence-corrected chi connectivity index (χ1v) is 7.79. The van der Waals surface area contributed by atoms with Gasteiger partial charge in [-0.2, -0.15) is 0 Å². The Morgan fingerprint density at radius 3 is 2.00 bits per heavy atom. The van der Waals surface area contributed by atoms with Gasteiger partial charge in [-0.3, -0.25) is 9.59 Å². The Hall–Kier alpha value is -1.75. The van der Waals surface area contributed by atoms with Gasteiger partial charge in [-0.05, 0) is 42.8 Å². The molecule has 0 bridgehead atoms. The van der Waals surface area contributed by atoms with Gasteiger partial charge in [0.25, 0.3) is 0 Å². The van der Waals surface area contributed by atoms with Crippen LogP contribution in [-0.2, 0) is 9.59 Å². The van der Waals surface area contributed by atoms with Crippen LogP contribution in [0.25, 0.3) is 0 Å². The largest absolute Gasteiger partial charge is 0.326 e. The lowest BCUT2D eigenvalue weighted by atomic mass is 10.2. The highest BCUT2D eigenvalue weighted by Crippen LogP contribution is 2.23. The second kappa shape index (κ2) is 7.68. The van der Waals surface area contributed by atoms with Gasteiger partial charge in [0.1, 0.15) is 6.42 Å². The van der Waals surface area contributed by atoms with Gasteiger partial charge >= 0.3 is 0 Å². The summed E-state index contributed by atoms with van der Waals surface area (Å²) < 4.78 is 0. The van der Waals surface area contributed by atoms with Crippen LogP contribution in [0.3, 0.4) is 0 Å². The summed E-state index contributed by atoms with van der Waals surface area (Å²) in [5.74, 6) is -0.922. The zero-order valence-corrected chi connectivity index (χ0v) is 14.4. The van der Waals surface area contributed by atoms with Crippen molar-refractivity contribution in [3.05, 3.63) is 57.0 Å². The van der Waals surface area contributed by atoms with E-state index in [4.69, 9.17) is 34.8 Å². The molecule has 4 nitrogen and oxygen atoms in total. The molecule has 2 amide bonds. The number of halogens is 3. The molecule has 0 heterocycles. The van der Waals surface area contributed by atoms with Crippen LogP contribution in [0.5, 0.6) is 0 Å². The summed E-state index contributed by atoms with van der Waals surface area (Å²) in [6.45, 7) is 1.86. The summed E-state index contributed by atoms with van der Waals surface area (Å²) in [6.07, 6.45) is -0.338. The second-order valence-electron chi connectivity index (χ2n) is 4.90. The van der Waals surface area contributed by atoms with Gasteiger partial charge in [-0.15, -0.1) is 0 Å². The van der Waals surface area contributed by atoms with Crippen molar-refractivity contribution in [1.82, 2.24) is 0 Å². The predicted octanol–water partition coefficient (Wildman–Crippen LogP) is 4.92. The maximum Gasteiger partial charge on any atom is 0.233 e. The van der Waals surface area contributed by atoms with Gasteiger partial charge in [0.15, 0.2) is 0 Å². The lowest BCUT2D eigenvalue weighted by Crippen LogP contribution is -2.21. The Kier molecular flexibility index (Phi) is 5.88. The van der Waals surface area contributed by atoms with Crippen molar-refractivity contribution in [2.75, 3.05) is 10.6 Å². The van der Waals surface area contributed by atoms with Crippen LogP contribution in [0.1, 0.15) is 12.0 Å². The van der Waals surface area contributed by atoms with E-state index < -0.39 is 11.8 Å². The first-order valence-electron chi connectivity index (χ1n) is 6.65. The quantitative estimate of drug-likeness (QED) is 0.749. The number of benzene rings is 2. The zero-order chi connectivity index (χ0) is 17.0. The highest BCUT2D eigenvalue weighted by Gasteiger charge is 2.11. The monoisotopic (exact) mass is 370 g/mol. The lowest BCUT2D eigenvalue weighted by molar-refractivity contribution is -0.123. The second-order valence-corrected chi connectivity index (χ2v) is 6.18. The van der Waals surface area contributed by atoms with Gasteiger partial charge in [0.05, 0.1) is 0 Å². The summed E-state index contributed by atoms with van der Waals surface area (Å²) in [6, 6.07) is 9.77. The van der Waals surface area contributed by atoms with E-state index >= 15 is 0 Å². The van der Waals surface area contributed by atoms with E-state index in [1.807, 2.05) is 6.92 Å². The van der Waals surface area contributed by atoms with E-state index in [2.05, 4.69) is 10.6 Å².